The number of rotatable bonds is 3. The van der Waals surface area contributed by atoms with Crippen molar-refractivity contribution in [3.63, 3.8) is 0 Å². The van der Waals surface area contributed by atoms with E-state index < -0.39 is 12.0 Å². The highest BCUT2D eigenvalue weighted by molar-refractivity contribution is 5.89. The third-order valence-electron chi connectivity index (χ3n) is 2.52. The third-order valence-corrected chi connectivity index (χ3v) is 2.52. The van der Waals surface area contributed by atoms with E-state index in [9.17, 15) is 9.90 Å². The molecule has 2 aromatic rings. The number of phenols is 1. The highest BCUT2D eigenvalue weighted by Gasteiger charge is 2.16. The number of nitrogens with two attached hydrogens (primary N) is 1. The zero-order valence-electron chi connectivity index (χ0n) is 8.47. The van der Waals surface area contributed by atoms with Gasteiger partial charge in [0.05, 0.1) is 0 Å². The molecule has 2 rings (SSSR count). The van der Waals surface area contributed by atoms with Crippen LogP contribution in [-0.4, -0.2) is 27.2 Å². The van der Waals surface area contributed by atoms with Crippen LogP contribution in [0.3, 0.4) is 0 Å². The molecule has 1 atom stereocenters. The van der Waals surface area contributed by atoms with Crippen molar-refractivity contribution in [3.8, 4) is 5.75 Å². The average Bonchev–Trinajstić information content (AvgIpc) is 2.63. The third kappa shape index (κ3) is 1.72. The SMILES string of the molecule is N[C@H](Cc1c[nH]c2cccc(O)c12)C(=O)O. The highest BCUT2D eigenvalue weighted by atomic mass is 16.4. The van der Waals surface area contributed by atoms with E-state index in [1.54, 1.807) is 18.3 Å². The average molecular weight is 220 g/mol. The number of carboxylic acids is 1. The van der Waals surface area contributed by atoms with Crippen LogP contribution in [0.25, 0.3) is 10.9 Å². The molecule has 0 fully saturated rings. The zero-order chi connectivity index (χ0) is 11.7. The maximum Gasteiger partial charge on any atom is 0.320 e. The second-order valence-electron chi connectivity index (χ2n) is 3.66. The van der Waals surface area contributed by atoms with Crippen LogP contribution in [0.5, 0.6) is 5.75 Å². The van der Waals surface area contributed by atoms with Crippen LogP contribution in [0.15, 0.2) is 24.4 Å². The van der Waals surface area contributed by atoms with Crippen LogP contribution in [0.2, 0.25) is 0 Å². The highest BCUT2D eigenvalue weighted by Crippen LogP contribution is 2.28. The Labute approximate surface area is 91.5 Å². The van der Waals surface area contributed by atoms with E-state index in [-0.39, 0.29) is 12.2 Å². The number of hydrogen-bond acceptors (Lipinski definition) is 3. The minimum absolute atomic E-state index is 0.131. The topological polar surface area (TPSA) is 99.3 Å². The van der Waals surface area contributed by atoms with Crippen LogP contribution in [-0.2, 0) is 11.2 Å². The van der Waals surface area contributed by atoms with E-state index in [1.807, 2.05) is 6.07 Å². The van der Waals surface area contributed by atoms with E-state index in [4.69, 9.17) is 10.8 Å². The first-order valence-electron chi connectivity index (χ1n) is 4.86. The van der Waals surface area contributed by atoms with Crippen LogP contribution < -0.4 is 5.73 Å². The number of nitrogens with one attached hydrogen (secondary N) is 1. The van der Waals surface area contributed by atoms with Gasteiger partial charge in [0.25, 0.3) is 0 Å². The standard InChI is InChI=1S/C11H12N2O3/c12-7(11(15)16)4-6-5-13-8-2-1-3-9(14)10(6)8/h1-3,5,7,13-14H,4,12H2,(H,15,16)/t7-/m1/s1. The lowest BCUT2D eigenvalue weighted by atomic mass is 10.1. The molecule has 0 aliphatic heterocycles. The predicted octanol–water partition coefficient (Wildman–Crippen LogP) is 0.828. The van der Waals surface area contributed by atoms with Crippen molar-refractivity contribution in [1.82, 2.24) is 4.98 Å². The summed E-state index contributed by atoms with van der Waals surface area (Å²) in [4.78, 5) is 13.6. The molecule has 0 unspecified atom stereocenters. The molecule has 84 valence electrons. The Morgan fingerprint density at radius 3 is 2.94 bits per heavy atom. The maximum absolute atomic E-state index is 10.6. The summed E-state index contributed by atoms with van der Waals surface area (Å²) in [5.74, 6) is -0.920. The molecule has 1 aromatic heterocycles. The maximum atomic E-state index is 10.6. The van der Waals surface area contributed by atoms with Crippen LogP contribution >= 0.6 is 0 Å². The normalized spacial score (nSPS) is 12.8. The summed E-state index contributed by atoms with van der Waals surface area (Å²) in [5.41, 5.74) is 6.94. The number of phenolic OH excluding ortho intramolecular Hbond substituents is 1. The van der Waals surface area contributed by atoms with Crippen molar-refractivity contribution in [3.05, 3.63) is 30.0 Å². The molecule has 0 spiro atoms. The van der Waals surface area contributed by atoms with E-state index in [2.05, 4.69) is 4.98 Å². The largest absolute Gasteiger partial charge is 0.507 e. The molecule has 0 saturated heterocycles. The second kappa shape index (κ2) is 3.86. The fraction of sp³-hybridized carbons (Fsp3) is 0.182. The van der Waals surface area contributed by atoms with Gasteiger partial charge in [-0.15, -0.1) is 0 Å². The minimum Gasteiger partial charge on any atom is -0.507 e. The molecule has 5 N–H and O–H groups in total. The van der Waals surface area contributed by atoms with Crippen molar-refractivity contribution in [2.45, 2.75) is 12.5 Å². The molecule has 0 aliphatic carbocycles. The number of hydrogen-bond donors (Lipinski definition) is 4. The van der Waals surface area contributed by atoms with Crippen molar-refractivity contribution < 1.29 is 15.0 Å². The Kier molecular flexibility index (Phi) is 2.54. The van der Waals surface area contributed by atoms with Gasteiger partial charge in [-0.2, -0.15) is 0 Å². The Balaban J connectivity index is 2.42. The Bertz CT molecular complexity index is 533. The van der Waals surface area contributed by atoms with Gasteiger partial charge >= 0.3 is 5.97 Å². The summed E-state index contributed by atoms with van der Waals surface area (Å²) >= 11 is 0. The van der Waals surface area contributed by atoms with Crippen molar-refractivity contribution in [2.75, 3.05) is 0 Å². The van der Waals surface area contributed by atoms with E-state index >= 15 is 0 Å². The van der Waals surface area contributed by atoms with Crippen LogP contribution in [0, 0.1) is 0 Å². The molecule has 16 heavy (non-hydrogen) atoms. The van der Waals surface area contributed by atoms with Gasteiger partial charge in [-0.1, -0.05) is 6.07 Å². The lowest BCUT2D eigenvalue weighted by Crippen LogP contribution is -2.32. The first kappa shape index (κ1) is 10.5. The van der Waals surface area contributed by atoms with Crippen LogP contribution in [0.1, 0.15) is 5.56 Å². The summed E-state index contributed by atoms with van der Waals surface area (Å²) in [6, 6.07) is 4.13. The molecular formula is C11H12N2O3. The van der Waals surface area contributed by atoms with Gasteiger partial charge in [-0.05, 0) is 17.7 Å². The number of aromatic nitrogens is 1. The fourth-order valence-corrected chi connectivity index (χ4v) is 1.72. The van der Waals surface area contributed by atoms with Gasteiger partial charge in [0.15, 0.2) is 0 Å². The molecule has 1 aromatic carbocycles. The lowest BCUT2D eigenvalue weighted by molar-refractivity contribution is -0.138. The number of aliphatic carboxylic acids is 1. The van der Waals surface area contributed by atoms with E-state index in [1.165, 1.54) is 0 Å². The lowest BCUT2D eigenvalue weighted by Gasteiger charge is -2.05. The second-order valence-corrected chi connectivity index (χ2v) is 3.66. The number of aromatic amines is 1. The zero-order valence-corrected chi connectivity index (χ0v) is 8.47. The molecule has 0 amide bonds. The van der Waals surface area contributed by atoms with E-state index in [0.29, 0.717) is 10.9 Å². The van der Waals surface area contributed by atoms with Gasteiger partial charge in [-0.25, -0.2) is 0 Å². The predicted molar refractivity (Wildman–Crippen MR) is 59.3 cm³/mol. The molecule has 5 nitrogen and oxygen atoms in total. The van der Waals surface area contributed by atoms with Gasteiger partial charge in [0, 0.05) is 23.5 Å². The van der Waals surface area contributed by atoms with Gasteiger partial charge in [-0.3, -0.25) is 4.79 Å². The Morgan fingerprint density at radius 1 is 1.50 bits per heavy atom. The fourth-order valence-electron chi connectivity index (χ4n) is 1.72. The first-order chi connectivity index (χ1) is 7.59. The number of carbonyl (C=O) groups is 1. The summed E-state index contributed by atoms with van der Waals surface area (Å²) in [7, 11) is 0. The van der Waals surface area contributed by atoms with Crippen LogP contribution in [0.4, 0.5) is 0 Å². The number of fused-ring (bicyclic) bond motifs is 1. The smallest absolute Gasteiger partial charge is 0.320 e. The van der Waals surface area contributed by atoms with Gasteiger partial charge in [0.1, 0.15) is 11.8 Å². The summed E-state index contributed by atoms with van der Waals surface area (Å²) in [6.45, 7) is 0. The van der Waals surface area contributed by atoms with Gasteiger partial charge < -0.3 is 20.9 Å². The molecule has 5 heteroatoms. The molecule has 0 saturated carbocycles. The number of carboxylic acid groups (broad SMARTS) is 1. The quantitative estimate of drug-likeness (QED) is 0.615. The first-order valence-corrected chi connectivity index (χ1v) is 4.86. The minimum atomic E-state index is -1.05. The molecule has 0 aliphatic rings. The molecule has 0 radical (unpaired) electrons. The summed E-state index contributed by atoms with van der Waals surface area (Å²) < 4.78 is 0. The summed E-state index contributed by atoms with van der Waals surface area (Å²) in [6.07, 6.45) is 1.86. The molecular weight excluding hydrogens is 208 g/mol. The number of H-pyrrole nitrogens is 1. The van der Waals surface area contributed by atoms with Gasteiger partial charge in [0.2, 0.25) is 0 Å². The van der Waals surface area contributed by atoms with Crippen molar-refractivity contribution in [2.24, 2.45) is 5.73 Å². The Morgan fingerprint density at radius 2 is 2.25 bits per heavy atom. The monoisotopic (exact) mass is 220 g/mol. The van der Waals surface area contributed by atoms with Crippen molar-refractivity contribution in [1.29, 1.82) is 0 Å². The number of benzene rings is 1. The molecule has 1 heterocycles. The van der Waals surface area contributed by atoms with E-state index in [0.717, 1.165) is 5.52 Å². The summed E-state index contributed by atoms with van der Waals surface area (Å²) in [5, 5.41) is 19.0. The Hall–Kier alpha value is -2.01. The van der Waals surface area contributed by atoms with Crippen molar-refractivity contribution >= 4 is 16.9 Å². The number of aromatic hydroxyl groups is 1. The molecule has 0 bridgehead atoms.